The molecule has 1 heterocycles. The third-order valence-corrected chi connectivity index (χ3v) is 4.35. The normalized spacial score (nSPS) is 11.4. The van der Waals surface area contributed by atoms with Crippen molar-refractivity contribution in [3.63, 3.8) is 0 Å². The number of benzene rings is 1. The van der Waals surface area contributed by atoms with Crippen LogP contribution in [0.15, 0.2) is 36.4 Å². The molecule has 0 N–H and O–H groups in total. The molecule has 0 saturated heterocycles. The lowest BCUT2D eigenvalue weighted by molar-refractivity contribution is 0.544. The van der Waals surface area contributed by atoms with Gasteiger partial charge in [-0.15, -0.1) is 9.24 Å². The maximum Gasteiger partial charge on any atom is 0.482 e. The molecule has 4 heteroatoms. The van der Waals surface area contributed by atoms with Gasteiger partial charge < -0.3 is 3.79 Å². The number of aryl methyl sites for hydroxylation is 2. The van der Waals surface area contributed by atoms with E-state index in [4.69, 9.17) is 8.77 Å². The Kier molecular flexibility index (Phi) is 5.44. The highest BCUT2D eigenvalue weighted by Crippen LogP contribution is 2.38. The highest BCUT2D eigenvalue weighted by atomic mass is 31.0. The van der Waals surface area contributed by atoms with Crippen molar-refractivity contribution in [3.05, 3.63) is 58.9 Å². The zero-order valence-corrected chi connectivity index (χ0v) is 15.2. The fourth-order valence-electron chi connectivity index (χ4n) is 2.60. The molecule has 0 amide bonds. The average Bonchev–Trinajstić information content (AvgIpc) is 2.47. The van der Waals surface area contributed by atoms with Gasteiger partial charge in [0.25, 0.3) is 0 Å². The van der Waals surface area contributed by atoms with E-state index in [-0.39, 0.29) is 5.41 Å². The number of para-hydroxylation sites is 1. The minimum Gasteiger partial charge on any atom is -0.653 e. The van der Waals surface area contributed by atoms with Crippen LogP contribution >= 0.6 is 9.24 Å². The van der Waals surface area contributed by atoms with E-state index in [0.717, 1.165) is 29.7 Å². The van der Waals surface area contributed by atoms with E-state index < -0.39 is 0 Å². The monoisotopic (exact) mass is 313 g/mol. The van der Waals surface area contributed by atoms with Crippen LogP contribution in [-0.2, 0) is 11.8 Å². The summed E-state index contributed by atoms with van der Waals surface area (Å²) in [6, 6.07) is 12.5. The number of hydrogen-bond acceptors (Lipinski definition) is 2. The number of rotatable bonds is 5. The van der Waals surface area contributed by atoms with Gasteiger partial charge in [0, 0.05) is 16.7 Å². The van der Waals surface area contributed by atoms with Crippen LogP contribution in [0.3, 0.4) is 0 Å². The van der Waals surface area contributed by atoms with Crippen LogP contribution in [0.25, 0.3) is 0 Å². The van der Waals surface area contributed by atoms with Gasteiger partial charge in [-0.2, -0.15) is 0 Å². The zero-order chi connectivity index (χ0) is 15.5. The summed E-state index contributed by atoms with van der Waals surface area (Å²) in [6.45, 7) is 6.42. The Labute approximate surface area is 138 Å². The molecule has 0 aliphatic heterocycles. The van der Waals surface area contributed by atoms with Crippen molar-refractivity contribution in [1.29, 1.82) is 0 Å². The first-order valence-corrected chi connectivity index (χ1v) is 8.42. The molecule has 0 aliphatic carbocycles. The van der Waals surface area contributed by atoms with Crippen molar-refractivity contribution >= 4 is 25.9 Å². The summed E-state index contributed by atoms with van der Waals surface area (Å²) in [5, 5.41) is 0. The van der Waals surface area contributed by atoms with E-state index in [1.54, 1.807) is 0 Å². The molecule has 2 radical (unpaired) electrons. The van der Waals surface area contributed by atoms with Crippen LogP contribution in [0, 0.1) is 6.92 Å². The van der Waals surface area contributed by atoms with Crippen LogP contribution in [0.4, 0.5) is 0 Å². The Morgan fingerprint density at radius 3 is 2.52 bits per heavy atom. The Morgan fingerprint density at radius 1 is 1.19 bits per heavy atom. The minimum absolute atomic E-state index is 0.200. The van der Waals surface area contributed by atoms with Crippen molar-refractivity contribution in [2.45, 2.75) is 32.6 Å². The van der Waals surface area contributed by atoms with Gasteiger partial charge in [0.2, 0.25) is 0 Å². The molecule has 0 saturated carbocycles. The second-order valence-electron chi connectivity index (χ2n) is 5.74. The summed E-state index contributed by atoms with van der Waals surface area (Å²) in [5.74, 6) is 0.957. The van der Waals surface area contributed by atoms with Gasteiger partial charge in [0.05, 0.1) is 11.4 Å². The Morgan fingerprint density at radius 2 is 1.90 bits per heavy atom. The van der Waals surface area contributed by atoms with E-state index in [9.17, 15) is 0 Å². The predicted octanol–water partition coefficient (Wildman–Crippen LogP) is 3.60. The van der Waals surface area contributed by atoms with Crippen molar-refractivity contribution in [2.24, 2.45) is 0 Å². The predicted molar refractivity (Wildman–Crippen MR) is 92.2 cm³/mol. The van der Waals surface area contributed by atoms with Gasteiger partial charge in [-0.1, -0.05) is 38.1 Å². The van der Waals surface area contributed by atoms with Gasteiger partial charge in [-0.3, -0.25) is 4.98 Å². The lowest BCUT2D eigenvalue weighted by Crippen LogP contribution is -2.22. The molecule has 1 aromatic carbocycles. The van der Waals surface area contributed by atoms with Gasteiger partial charge >= 0.3 is 16.6 Å². The zero-order valence-electron chi connectivity index (χ0n) is 12.9. The molecule has 2 aromatic rings. The van der Waals surface area contributed by atoms with Crippen molar-refractivity contribution in [2.75, 3.05) is 6.16 Å². The first-order chi connectivity index (χ1) is 10.0. The first kappa shape index (κ1) is 16.5. The Hall–Kier alpha value is -0.868. The van der Waals surface area contributed by atoms with Gasteiger partial charge in [-0.25, -0.2) is 0 Å². The Balaban J connectivity index is 2.56. The Bertz CT molecular complexity index is 628. The van der Waals surface area contributed by atoms with Gasteiger partial charge in [0.1, 0.15) is 0 Å². The molecule has 2 nitrogen and oxygen atoms in total. The third-order valence-electron chi connectivity index (χ3n) is 3.83. The molecule has 2 rings (SSSR count). The van der Waals surface area contributed by atoms with Crippen molar-refractivity contribution in [1.82, 2.24) is 4.98 Å². The van der Waals surface area contributed by atoms with E-state index in [2.05, 4.69) is 70.0 Å². The molecule has 21 heavy (non-hydrogen) atoms. The standard InChI is InChI=1S/C17H22NOP.Al/c1-12-6-4-9-15(18-12)17(2,3)14-8-5-7-13(10-11-20)16(14)19;/h4-9,19H,10-11,20H2,1-3H3;/q;+1/p-1. The van der Waals surface area contributed by atoms with Crippen LogP contribution in [0.5, 0.6) is 5.75 Å². The summed E-state index contributed by atoms with van der Waals surface area (Å²) in [5.41, 5.74) is 4.31. The quantitative estimate of drug-likeness (QED) is 0.621. The van der Waals surface area contributed by atoms with E-state index in [0.29, 0.717) is 0 Å². The highest BCUT2D eigenvalue weighted by Gasteiger charge is 2.28. The van der Waals surface area contributed by atoms with Gasteiger partial charge in [0.15, 0.2) is 0 Å². The number of hydrogen-bond donors (Lipinski definition) is 0. The van der Waals surface area contributed by atoms with Crippen LogP contribution in [-0.4, -0.2) is 27.8 Å². The van der Waals surface area contributed by atoms with Crippen LogP contribution < -0.4 is 3.79 Å². The molecule has 0 aliphatic rings. The van der Waals surface area contributed by atoms with Crippen LogP contribution in [0.2, 0.25) is 0 Å². The fourth-order valence-corrected chi connectivity index (χ4v) is 3.19. The maximum absolute atomic E-state index is 5.65. The third kappa shape index (κ3) is 3.49. The summed E-state index contributed by atoms with van der Waals surface area (Å²) in [7, 11) is 2.77. The SMILES string of the molecule is Cc1cccc(C(C)(C)c2cccc(CCP)c2[O][Al])n1. The lowest BCUT2D eigenvalue weighted by atomic mass is 9.79. The summed E-state index contributed by atoms with van der Waals surface area (Å²) >= 11 is 2.39. The van der Waals surface area contributed by atoms with E-state index in [1.807, 2.05) is 13.0 Å². The van der Waals surface area contributed by atoms with E-state index in [1.165, 1.54) is 11.1 Å². The molecule has 1 unspecified atom stereocenters. The van der Waals surface area contributed by atoms with Crippen molar-refractivity contribution < 1.29 is 3.79 Å². The molecular weight excluding hydrogens is 292 g/mol. The second-order valence-corrected chi connectivity index (χ2v) is 6.55. The van der Waals surface area contributed by atoms with Crippen molar-refractivity contribution in [3.8, 4) is 5.75 Å². The smallest absolute Gasteiger partial charge is 0.482 e. The second kappa shape index (κ2) is 6.93. The van der Waals surface area contributed by atoms with E-state index >= 15 is 0 Å². The topological polar surface area (TPSA) is 22.1 Å². The average molecular weight is 313 g/mol. The summed E-state index contributed by atoms with van der Waals surface area (Å²) in [6.07, 6.45) is 2.01. The highest BCUT2D eigenvalue weighted by molar-refractivity contribution is 7.16. The van der Waals surface area contributed by atoms with Crippen LogP contribution in [0.1, 0.15) is 36.4 Å². The molecule has 1 aromatic heterocycles. The molecule has 1 atom stereocenters. The largest absolute Gasteiger partial charge is 0.653 e. The molecule has 0 fully saturated rings. The number of nitrogens with zero attached hydrogens (tertiary/aromatic N) is 1. The number of pyridine rings is 1. The number of aromatic nitrogens is 1. The summed E-state index contributed by atoms with van der Waals surface area (Å²) in [4.78, 5) is 4.71. The van der Waals surface area contributed by atoms with Gasteiger partial charge in [-0.05, 0) is 37.2 Å². The molecule has 0 spiro atoms. The maximum atomic E-state index is 5.65. The first-order valence-electron chi connectivity index (χ1n) is 7.14. The molecule has 0 bridgehead atoms. The lowest BCUT2D eigenvalue weighted by Gasteiger charge is -2.29. The minimum atomic E-state index is -0.200. The fraction of sp³-hybridized carbons (Fsp3) is 0.353. The molecular formula is C17H21AlNOP. The summed E-state index contributed by atoms with van der Waals surface area (Å²) < 4.78 is 5.65. The molecule has 108 valence electrons.